The number of rotatable bonds is 4. The van der Waals surface area contributed by atoms with Crippen LogP contribution in [0.2, 0.25) is 0 Å². The molecule has 2 unspecified atom stereocenters. The quantitative estimate of drug-likeness (QED) is 0.893. The van der Waals surface area contributed by atoms with Crippen LogP contribution in [0.5, 0.6) is 0 Å². The smallest absolute Gasteiger partial charge is 0.0476 e. The highest BCUT2D eigenvalue weighted by atomic mass is 15.2. The van der Waals surface area contributed by atoms with E-state index in [1.165, 1.54) is 11.1 Å². The molecule has 1 aliphatic rings. The van der Waals surface area contributed by atoms with Crippen LogP contribution in [0.25, 0.3) is 0 Å². The molecule has 0 aromatic heterocycles. The van der Waals surface area contributed by atoms with Crippen LogP contribution in [-0.4, -0.2) is 56.1 Å². The highest BCUT2D eigenvalue weighted by Gasteiger charge is 2.25. The summed E-state index contributed by atoms with van der Waals surface area (Å²) < 4.78 is 0. The number of nitrogens with zero attached hydrogens (tertiary/aromatic N) is 2. The molecule has 1 aromatic carbocycles. The van der Waals surface area contributed by atoms with E-state index in [0.29, 0.717) is 12.1 Å². The van der Waals surface area contributed by atoms with E-state index in [4.69, 9.17) is 0 Å². The zero-order valence-electron chi connectivity index (χ0n) is 12.7. The highest BCUT2D eigenvalue weighted by Crippen LogP contribution is 2.23. The van der Waals surface area contributed by atoms with Crippen molar-refractivity contribution in [2.24, 2.45) is 0 Å². The number of benzene rings is 1. The maximum absolute atomic E-state index is 3.53. The highest BCUT2D eigenvalue weighted by molar-refractivity contribution is 5.24. The predicted molar refractivity (Wildman–Crippen MR) is 81.5 cm³/mol. The molecule has 2 atom stereocenters. The number of nitrogens with one attached hydrogen (secondary N) is 1. The molecule has 2 rings (SSSR count). The fraction of sp³-hybridized carbons (Fsp3) is 0.625. The van der Waals surface area contributed by atoms with Gasteiger partial charge in [-0.1, -0.05) is 29.8 Å². The van der Waals surface area contributed by atoms with Crippen LogP contribution in [0, 0.1) is 6.92 Å². The Morgan fingerprint density at radius 1 is 1.32 bits per heavy atom. The fourth-order valence-corrected chi connectivity index (χ4v) is 2.81. The van der Waals surface area contributed by atoms with E-state index in [-0.39, 0.29) is 0 Å². The second-order valence-corrected chi connectivity index (χ2v) is 6.04. The molecule has 1 heterocycles. The second kappa shape index (κ2) is 6.51. The summed E-state index contributed by atoms with van der Waals surface area (Å²) in [5, 5.41) is 3.53. The van der Waals surface area contributed by atoms with Crippen LogP contribution in [-0.2, 0) is 0 Å². The number of piperazine rings is 1. The van der Waals surface area contributed by atoms with Gasteiger partial charge in [0.05, 0.1) is 0 Å². The van der Waals surface area contributed by atoms with Crippen molar-refractivity contribution >= 4 is 0 Å². The molecule has 0 amide bonds. The molecule has 0 aliphatic carbocycles. The molecule has 1 aliphatic heterocycles. The maximum Gasteiger partial charge on any atom is 0.0476 e. The summed E-state index contributed by atoms with van der Waals surface area (Å²) in [6.45, 7) is 8.86. The molecule has 106 valence electrons. The summed E-state index contributed by atoms with van der Waals surface area (Å²) in [5.74, 6) is 0. The fourth-order valence-electron chi connectivity index (χ4n) is 2.81. The summed E-state index contributed by atoms with van der Waals surface area (Å²) in [6, 6.07) is 10.1. The van der Waals surface area contributed by atoms with Crippen molar-refractivity contribution in [3.63, 3.8) is 0 Å². The van der Waals surface area contributed by atoms with Gasteiger partial charge in [0.15, 0.2) is 0 Å². The topological polar surface area (TPSA) is 18.5 Å². The zero-order valence-corrected chi connectivity index (χ0v) is 12.7. The van der Waals surface area contributed by atoms with E-state index in [9.17, 15) is 0 Å². The van der Waals surface area contributed by atoms with Crippen LogP contribution in [0.3, 0.4) is 0 Å². The van der Waals surface area contributed by atoms with Crippen molar-refractivity contribution < 1.29 is 0 Å². The Balaban J connectivity index is 2.17. The average Bonchev–Trinajstić information content (AvgIpc) is 2.37. The van der Waals surface area contributed by atoms with E-state index in [1.807, 2.05) is 0 Å². The van der Waals surface area contributed by atoms with E-state index in [1.54, 1.807) is 0 Å². The number of likely N-dealkylation sites (N-methyl/N-ethyl adjacent to an activating group) is 1. The Bertz CT molecular complexity index is 385. The molecule has 0 bridgehead atoms. The molecule has 0 saturated carbocycles. The van der Waals surface area contributed by atoms with E-state index in [0.717, 1.165) is 26.2 Å². The van der Waals surface area contributed by atoms with Crippen molar-refractivity contribution in [2.45, 2.75) is 25.9 Å². The molecule has 0 spiro atoms. The van der Waals surface area contributed by atoms with Crippen LogP contribution in [0.4, 0.5) is 0 Å². The van der Waals surface area contributed by atoms with Gasteiger partial charge in [0.25, 0.3) is 0 Å². The van der Waals surface area contributed by atoms with Gasteiger partial charge in [0.2, 0.25) is 0 Å². The molecular weight excluding hydrogens is 234 g/mol. The van der Waals surface area contributed by atoms with E-state index < -0.39 is 0 Å². The molecule has 3 nitrogen and oxygen atoms in total. The summed E-state index contributed by atoms with van der Waals surface area (Å²) in [4.78, 5) is 4.91. The summed E-state index contributed by atoms with van der Waals surface area (Å²) >= 11 is 0. The van der Waals surface area contributed by atoms with Crippen LogP contribution in [0.15, 0.2) is 24.3 Å². The molecule has 1 aromatic rings. The van der Waals surface area contributed by atoms with Gasteiger partial charge in [-0.3, -0.25) is 4.90 Å². The molecular formula is C16H27N3. The first-order valence-electron chi connectivity index (χ1n) is 7.25. The Hall–Kier alpha value is -0.900. The maximum atomic E-state index is 3.53. The summed E-state index contributed by atoms with van der Waals surface area (Å²) in [7, 11) is 4.32. The number of hydrogen-bond acceptors (Lipinski definition) is 3. The van der Waals surface area contributed by atoms with Gasteiger partial charge >= 0.3 is 0 Å². The third kappa shape index (κ3) is 4.03. The molecule has 3 heteroatoms. The van der Waals surface area contributed by atoms with Crippen LogP contribution >= 0.6 is 0 Å². The van der Waals surface area contributed by atoms with Gasteiger partial charge in [-0.2, -0.15) is 0 Å². The number of hydrogen-bond donors (Lipinski definition) is 1. The van der Waals surface area contributed by atoms with Crippen LogP contribution in [0.1, 0.15) is 24.1 Å². The van der Waals surface area contributed by atoms with Gasteiger partial charge in [-0.25, -0.2) is 0 Å². The van der Waals surface area contributed by atoms with E-state index >= 15 is 0 Å². The lowest BCUT2D eigenvalue weighted by atomic mass is 10.0. The molecule has 0 radical (unpaired) electrons. The van der Waals surface area contributed by atoms with Crippen LogP contribution < -0.4 is 5.32 Å². The van der Waals surface area contributed by atoms with Crippen molar-refractivity contribution in [1.82, 2.24) is 15.1 Å². The lowest BCUT2D eigenvalue weighted by molar-refractivity contribution is 0.125. The largest absolute Gasteiger partial charge is 0.312 e. The normalized spacial score (nSPS) is 22.7. The predicted octanol–water partition coefficient (Wildman–Crippen LogP) is 1.89. The van der Waals surface area contributed by atoms with Gasteiger partial charge in [0, 0.05) is 38.3 Å². The summed E-state index contributed by atoms with van der Waals surface area (Å²) in [5.41, 5.74) is 2.77. The standard InChI is InChI=1S/C16H27N3/c1-13-5-7-15(8-6-13)16(12-18(3)4)19-10-9-17-14(2)11-19/h5-8,14,16-17H,9-12H2,1-4H3. The minimum absolute atomic E-state index is 0.500. The van der Waals surface area contributed by atoms with Crippen molar-refractivity contribution in [2.75, 3.05) is 40.3 Å². The monoisotopic (exact) mass is 261 g/mol. The van der Waals surface area contributed by atoms with E-state index in [2.05, 4.69) is 67.3 Å². The lowest BCUT2D eigenvalue weighted by Gasteiger charge is -2.39. The molecule has 1 N–H and O–H groups in total. The Labute approximate surface area is 117 Å². The minimum Gasteiger partial charge on any atom is -0.312 e. The molecule has 1 saturated heterocycles. The molecule has 1 fully saturated rings. The van der Waals surface area contributed by atoms with Gasteiger partial charge < -0.3 is 10.2 Å². The Kier molecular flexibility index (Phi) is 4.97. The Morgan fingerprint density at radius 2 is 2.00 bits per heavy atom. The van der Waals surface area contributed by atoms with Crippen molar-refractivity contribution in [1.29, 1.82) is 0 Å². The zero-order chi connectivity index (χ0) is 13.8. The third-order valence-corrected chi connectivity index (χ3v) is 3.84. The minimum atomic E-state index is 0.500. The first-order chi connectivity index (χ1) is 9.06. The first-order valence-corrected chi connectivity index (χ1v) is 7.25. The lowest BCUT2D eigenvalue weighted by Crippen LogP contribution is -2.51. The third-order valence-electron chi connectivity index (χ3n) is 3.84. The summed E-state index contributed by atoms with van der Waals surface area (Å²) in [6.07, 6.45) is 0. The SMILES string of the molecule is Cc1ccc(C(CN(C)C)N2CCNC(C)C2)cc1. The van der Waals surface area contributed by atoms with Gasteiger partial charge in [-0.15, -0.1) is 0 Å². The first kappa shape index (κ1) is 14.5. The van der Waals surface area contributed by atoms with Gasteiger partial charge in [-0.05, 0) is 33.5 Å². The van der Waals surface area contributed by atoms with Crippen molar-refractivity contribution in [3.8, 4) is 0 Å². The Morgan fingerprint density at radius 3 is 2.58 bits per heavy atom. The molecule has 19 heavy (non-hydrogen) atoms. The average molecular weight is 261 g/mol. The second-order valence-electron chi connectivity index (χ2n) is 6.04. The van der Waals surface area contributed by atoms with Gasteiger partial charge in [0.1, 0.15) is 0 Å². The number of aryl methyl sites for hydroxylation is 1. The van der Waals surface area contributed by atoms with Crippen molar-refractivity contribution in [3.05, 3.63) is 35.4 Å².